The summed E-state index contributed by atoms with van der Waals surface area (Å²) in [6, 6.07) is 12.2. The first-order chi connectivity index (χ1) is 12.6. The van der Waals surface area contributed by atoms with Crippen LogP contribution in [0.25, 0.3) is 22.3 Å². The highest BCUT2D eigenvalue weighted by Gasteiger charge is 2.08. The van der Waals surface area contributed by atoms with Crippen LogP contribution in [-0.2, 0) is 12.8 Å². The molecular formula is C20H18FN5. The molecule has 0 saturated heterocycles. The molecule has 0 atom stereocenters. The summed E-state index contributed by atoms with van der Waals surface area (Å²) in [5.41, 5.74) is 11.2. The van der Waals surface area contributed by atoms with Crippen molar-refractivity contribution < 1.29 is 4.39 Å². The first kappa shape index (κ1) is 16.2. The Morgan fingerprint density at radius 2 is 1.81 bits per heavy atom. The Morgan fingerprint density at radius 3 is 2.58 bits per heavy atom. The second-order valence-electron chi connectivity index (χ2n) is 6.35. The highest BCUT2D eigenvalue weighted by atomic mass is 19.1. The van der Waals surface area contributed by atoms with Crippen LogP contribution in [0.15, 0.2) is 48.7 Å². The number of hydrogen-bond donors (Lipinski definition) is 2. The Balaban J connectivity index is 1.56. The van der Waals surface area contributed by atoms with Gasteiger partial charge in [0.1, 0.15) is 17.5 Å². The van der Waals surface area contributed by atoms with E-state index in [0.29, 0.717) is 11.5 Å². The number of nitrogens with two attached hydrogens (primary N) is 1. The third-order valence-corrected chi connectivity index (χ3v) is 4.22. The third kappa shape index (κ3) is 3.39. The van der Waals surface area contributed by atoms with E-state index < -0.39 is 0 Å². The van der Waals surface area contributed by atoms with Crippen molar-refractivity contribution in [3.05, 3.63) is 71.6 Å². The Kier molecular flexibility index (Phi) is 4.08. The predicted octanol–water partition coefficient (Wildman–Crippen LogP) is 3.83. The van der Waals surface area contributed by atoms with Gasteiger partial charge in [-0.05, 0) is 54.8 Å². The first-order valence-corrected chi connectivity index (χ1v) is 8.40. The van der Waals surface area contributed by atoms with Crippen molar-refractivity contribution in [2.45, 2.75) is 19.8 Å². The van der Waals surface area contributed by atoms with E-state index in [1.165, 1.54) is 12.1 Å². The summed E-state index contributed by atoms with van der Waals surface area (Å²) >= 11 is 0. The quantitative estimate of drug-likeness (QED) is 0.588. The van der Waals surface area contributed by atoms with Crippen molar-refractivity contribution in [2.24, 2.45) is 0 Å². The van der Waals surface area contributed by atoms with Gasteiger partial charge < -0.3 is 10.7 Å². The molecule has 4 rings (SSSR count). The highest BCUT2D eigenvalue weighted by molar-refractivity contribution is 5.78. The van der Waals surface area contributed by atoms with Gasteiger partial charge in [-0.1, -0.05) is 12.1 Å². The summed E-state index contributed by atoms with van der Waals surface area (Å²) in [6.45, 7) is 2.00. The number of halogens is 1. The molecule has 0 amide bonds. The van der Waals surface area contributed by atoms with Crippen LogP contribution in [-0.4, -0.2) is 19.9 Å². The van der Waals surface area contributed by atoms with Crippen molar-refractivity contribution in [1.29, 1.82) is 0 Å². The molecule has 0 bridgehead atoms. The van der Waals surface area contributed by atoms with Crippen LogP contribution in [0.4, 0.5) is 10.2 Å². The lowest BCUT2D eigenvalue weighted by Crippen LogP contribution is -2.00. The minimum Gasteiger partial charge on any atom is -0.384 e. The number of benzene rings is 1. The van der Waals surface area contributed by atoms with E-state index in [-0.39, 0.29) is 5.82 Å². The molecule has 0 fully saturated rings. The number of nitrogens with zero attached hydrogens (tertiary/aromatic N) is 3. The van der Waals surface area contributed by atoms with E-state index in [9.17, 15) is 4.39 Å². The van der Waals surface area contributed by atoms with E-state index in [2.05, 4.69) is 19.9 Å². The van der Waals surface area contributed by atoms with Crippen LogP contribution in [0.2, 0.25) is 0 Å². The van der Waals surface area contributed by atoms with Gasteiger partial charge in [0.25, 0.3) is 0 Å². The summed E-state index contributed by atoms with van der Waals surface area (Å²) in [5.74, 6) is 1.14. The van der Waals surface area contributed by atoms with Crippen molar-refractivity contribution in [2.75, 3.05) is 5.73 Å². The first-order valence-electron chi connectivity index (χ1n) is 8.40. The van der Waals surface area contributed by atoms with Crippen molar-refractivity contribution >= 4 is 17.0 Å². The fraction of sp³-hybridized carbons (Fsp3) is 0.150. The molecule has 4 aromatic rings. The van der Waals surface area contributed by atoms with Crippen molar-refractivity contribution in [3.8, 4) is 11.1 Å². The molecule has 0 spiro atoms. The van der Waals surface area contributed by atoms with Crippen LogP contribution in [0.5, 0.6) is 0 Å². The third-order valence-electron chi connectivity index (χ3n) is 4.22. The van der Waals surface area contributed by atoms with Crippen LogP contribution in [0.1, 0.15) is 17.1 Å². The van der Waals surface area contributed by atoms with Gasteiger partial charge in [-0.25, -0.2) is 19.3 Å². The van der Waals surface area contributed by atoms with E-state index in [1.807, 2.05) is 25.1 Å². The van der Waals surface area contributed by atoms with Gasteiger partial charge in [-0.2, -0.15) is 0 Å². The van der Waals surface area contributed by atoms with Crippen molar-refractivity contribution in [3.63, 3.8) is 0 Å². The average Bonchev–Trinajstić information content (AvgIpc) is 3.02. The predicted molar refractivity (Wildman–Crippen MR) is 100 cm³/mol. The number of nitrogen functional groups attached to an aromatic ring is 1. The Bertz CT molecular complexity index is 1050. The zero-order valence-corrected chi connectivity index (χ0v) is 14.3. The summed E-state index contributed by atoms with van der Waals surface area (Å²) in [5, 5.41) is 0. The number of imidazole rings is 1. The number of aryl methyl sites for hydroxylation is 3. The minimum absolute atomic E-state index is 0.253. The molecule has 26 heavy (non-hydrogen) atoms. The molecule has 130 valence electrons. The molecule has 3 N–H and O–H groups in total. The van der Waals surface area contributed by atoms with Crippen LogP contribution in [0.3, 0.4) is 0 Å². The number of H-pyrrole nitrogens is 1. The number of rotatable bonds is 4. The minimum atomic E-state index is -0.253. The molecule has 5 nitrogen and oxygen atoms in total. The SMILES string of the molecule is Cc1cc(N)nc(CCc2nc3ncc(-c4ccc(F)cc4)cc3[nH]2)c1. The van der Waals surface area contributed by atoms with Crippen LogP contribution >= 0.6 is 0 Å². The summed E-state index contributed by atoms with van der Waals surface area (Å²) < 4.78 is 13.1. The van der Waals surface area contributed by atoms with Gasteiger partial charge in [0, 0.05) is 23.9 Å². The van der Waals surface area contributed by atoms with Gasteiger partial charge in [0.05, 0.1) is 5.52 Å². The number of aromatic nitrogens is 4. The molecule has 3 aromatic heterocycles. The standard InChI is InChI=1S/C20H18FN5/c1-12-8-16(24-18(22)9-12)6-7-19-25-17-10-14(11-23-20(17)26-19)13-2-4-15(21)5-3-13/h2-5,8-11H,6-7H2,1H3,(H2,22,24)(H,23,25,26). The lowest BCUT2D eigenvalue weighted by atomic mass is 10.1. The zero-order chi connectivity index (χ0) is 18.1. The normalized spacial score (nSPS) is 11.2. The number of fused-ring (bicyclic) bond motifs is 1. The fourth-order valence-electron chi connectivity index (χ4n) is 3.01. The summed E-state index contributed by atoms with van der Waals surface area (Å²) in [6.07, 6.45) is 3.22. The topological polar surface area (TPSA) is 80.5 Å². The van der Waals surface area contributed by atoms with Crippen LogP contribution < -0.4 is 5.73 Å². The lowest BCUT2D eigenvalue weighted by molar-refractivity contribution is 0.628. The maximum atomic E-state index is 13.1. The molecule has 3 heterocycles. The van der Waals surface area contributed by atoms with Gasteiger partial charge >= 0.3 is 0 Å². The summed E-state index contributed by atoms with van der Waals surface area (Å²) in [4.78, 5) is 16.6. The lowest BCUT2D eigenvalue weighted by Gasteiger charge is -2.02. The van der Waals surface area contributed by atoms with E-state index in [4.69, 9.17) is 5.73 Å². The van der Waals surface area contributed by atoms with Gasteiger partial charge in [0.2, 0.25) is 0 Å². The van der Waals surface area contributed by atoms with Crippen LogP contribution in [0, 0.1) is 12.7 Å². The zero-order valence-electron chi connectivity index (χ0n) is 14.3. The highest BCUT2D eigenvalue weighted by Crippen LogP contribution is 2.22. The van der Waals surface area contributed by atoms with Gasteiger partial charge in [-0.3, -0.25) is 0 Å². The molecule has 1 aromatic carbocycles. The molecular weight excluding hydrogens is 329 g/mol. The molecule has 0 aliphatic carbocycles. The number of pyridine rings is 2. The number of anilines is 1. The Labute approximate surface area is 150 Å². The molecule has 0 saturated carbocycles. The summed E-state index contributed by atoms with van der Waals surface area (Å²) in [7, 11) is 0. The molecule has 0 aliphatic rings. The maximum Gasteiger partial charge on any atom is 0.177 e. The molecule has 6 heteroatoms. The van der Waals surface area contributed by atoms with E-state index >= 15 is 0 Å². The number of aromatic amines is 1. The smallest absolute Gasteiger partial charge is 0.177 e. The molecule has 0 radical (unpaired) electrons. The monoisotopic (exact) mass is 347 g/mol. The van der Waals surface area contributed by atoms with Crippen molar-refractivity contribution in [1.82, 2.24) is 19.9 Å². The Hall–Kier alpha value is -3.28. The number of hydrogen-bond acceptors (Lipinski definition) is 4. The van der Waals surface area contributed by atoms with Gasteiger partial charge in [0.15, 0.2) is 5.65 Å². The average molecular weight is 347 g/mol. The fourth-order valence-corrected chi connectivity index (χ4v) is 3.01. The van der Waals surface area contributed by atoms with E-state index in [1.54, 1.807) is 18.3 Å². The maximum absolute atomic E-state index is 13.1. The van der Waals surface area contributed by atoms with E-state index in [0.717, 1.165) is 46.6 Å². The van der Waals surface area contributed by atoms with Gasteiger partial charge in [-0.15, -0.1) is 0 Å². The second-order valence-corrected chi connectivity index (χ2v) is 6.35. The largest absolute Gasteiger partial charge is 0.384 e. The molecule has 0 unspecified atom stereocenters. The number of nitrogens with one attached hydrogen (secondary N) is 1. The molecule has 0 aliphatic heterocycles. The second kappa shape index (κ2) is 6.55. The Morgan fingerprint density at radius 1 is 1.00 bits per heavy atom.